The van der Waals surface area contributed by atoms with Gasteiger partial charge in [0, 0.05) is 23.5 Å². The van der Waals surface area contributed by atoms with E-state index in [0.717, 1.165) is 12.0 Å². The molecule has 0 aliphatic rings. The van der Waals surface area contributed by atoms with Gasteiger partial charge in [0.05, 0.1) is 0 Å². The molecule has 0 bridgehead atoms. The predicted octanol–water partition coefficient (Wildman–Crippen LogP) is 3.27. The second-order valence-electron chi connectivity index (χ2n) is 3.81. The molecule has 0 aliphatic carbocycles. The molecular formula is C15H14NO. The van der Waals surface area contributed by atoms with Gasteiger partial charge in [0.15, 0.2) is 5.78 Å². The maximum atomic E-state index is 12.1. The van der Waals surface area contributed by atoms with Crippen LogP contribution in [0.1, 0.15) is 34.8 Å². The Kier molecular flexibility index (Phi) is 3.66. The molecule has 1 aromatic carbocycles. The standard InChI is InChI=1S/C15H14NO/c1-2-4-12-6-8-13(9-7-12)15(17)14-5-3-10-16-11-14/h3-11H,2H2,1H3. The van der Waals surface area contributed by atoms with Gasteiger partial charge in [0.25, 0.3) is 0 Å². The third-order valence-corrected chi connectivity index (χ3v) is 2.54. The molecule has 0 atom stereocenters. The number of hydrogen-bond donors (Lipinski definition) is 0. The van der Waals surface area contributed by atoms with Crippen LogP contribution in [0.5, 0.6) is 0 Å². The molecule has 0 spiro atoms. The monoisotopic (exact) mass is 224 g/mol. The van der Waals surface area contributed by atoms with Crippen molar-refractivity contribution >= 4 is 5.78 Å². The van der Waals surface area contributed by atoms with E-state index >= 15 is 0 Å². The van der Waals surface area contributed by atoms with Gasteiger partial charge in [-0.05, 0) is 30.5 Å². The Morgan fingerprint density at radius 1 is 1.18 bits per heavy atom. The van der Waals surface area contributed by atoms with Crippen LogP contribution in [-0.4, -0.2) is 10.8 Å². The van der Waals surface area contributed by atoms with Gasteiger partial charge in [0.2, 0.25) is 0 Å². The van der Waals surface area contributed by atoms with E-state index in [2.05, 4.69) is 18.3 Å². The number of hydrogen-bond acceptors (Lipinski definition) is 2. The van der Waals surface area contributed by atoms with Gasteiger partial charge >= 0.3 is 0 Å². The molecule has 0 saturated carbocycles. The van der Waals surface area contributed by atoms with Crippen LogP contribution in [0.3, 0.4) is 0 Å². The van der Waals surface area contributed by atoms with Crippen molar-refractivity contribution in [3.8, 4) is 0 Å². The lowest BCUT2D eigenvalue weighted by atomic mass is 10.0. The lowest BCUT2D eigenvalue weighted by molar-refractivity contribution is 0.103. The highest BCUT2D eigenvalue weighted by atomic mass is 16.1. The minimum atomic E-state index is 0.0150. The first-order valence-corrected chi connectivity index (χ1v) is 5.69. The molecule has 0 amide bonds. The van der Waals surface area contributed by atoms with Gasteiger partial charge in [-0.25, -0.2) is 0 Å². The van der Waals surface area contributed by atoms with E-state index in [1.165, 1.54) is 0 Å². The first kappa shape index (κ1) is 11.5. The number of aromatic nitrogens is 1. The predicted molar refractivity (Wildman–Crippen MR) is 67.8 cm³/mol. The van der Waals surface area contributed by atoms with Crippen LogP contribution in [0.25, 0.3) is 0 Å². The highest BCUT2D eigenvalue weighted by Gasteiger charge is 2.08. The molecule has 1 heterocycles. The third-order valence-electron chi connectivity index (χ3n) is 2.54. The summed E-state index contributed by atoms with van der Waals surface area (Å²) in [6.07, 6.45) is 6.37. The summed E-state index contributed by atoms with van der Waals surface area (Å²) >= 11 is 0. The molecule has 0 unspecified atom stereocenters. The molecule has 1 radical (unpaired) electrons. The van der Waals surface area contributed by atoms with Gasteiger partial charge in [-0.2, -0.15) is 0 Å². The molecule has 0 aliphatic heterocycles. The fourth-order valence-corrected chi connectivity index (χ4v) is 1.67. The van der Waals surface area contributed by atoms with Crippen LogP contribution in [0, 0.1) is 6.42 Å². The van der Waals surface area contributed by atoms with E-state index < -0.39 is 0 Å². The summed E-state index contributed by atoms with van der Waals surface area (Å²) in [7, 11) is 0. The highest BCUT2D eigenvalue weighted by molar-refractivity contribution is 6.08. The summed E-state index contributed by atoms with van der Waals surface area (Å²) in [5.74, 6) is 0.0150. The number of benzene rings is 1. The molecule has 2 aromatic rings. The van der Waals surface area contributed by atoms with Crippen molar-refractivity contribution in [1.29, 1.82) is 0 Å². The minimum absolute atomic E-state index is 0.0150. The Balaban J connectivity index is 2.20. The van der Waals surface area contributed by atoms with E-state index in [-0.39, 0.29) is 5.78 Å². The average molecular weight is 224 g/mol. The van der Waals surface area contributed by atoms with Gasteiger partial charge in [-0.3, -0.25) is 9.78 Å². The molecule has 0 fully saturated rings. The number of carbonyl (C=O) groups is 1. The lowest BCUT2D eigenvalue weighted by Gasteiger charge is -2.02. The Labute approximate surface area is 101 Å². The molecule has 0 N–H and O–H groups in total. The number of pyridine rings is 1. The SMILES string of the molecule is CC[CH]c1ccc(C(=O)c2cccnc2)cc1. The number of carbonyl (C=O) groups excluding carboxylic acids is 1. The Hall–Kier alpha value is -1.96. The quantitative estimate of drug-likeness (QED) is 0.746. The van der Waals surface area contributed by atoms with Gasteiger partial charge in [-0.1, -0.05) is 31.2 Å². The van der Waals surface area contributed by atoms with Gasteiger partial charge in [-0.15, -0.1) is 0 Å². The van der Waals surface area contributed by atoms with Crippen molar-refractivity contribution in [2.75, 3.05) is 0 Å². The lowest BCUT2D eigenvalue weighted by Crippen LogP contribution is -2.01. The summed E-state index contributed by atoms with van der Waals surface area (Å²) in [4.78, 5) is 16.0. The fourth-order valence-electron chi connectivity index (χ4n) is 1.67. The van der Waals surface area contributed by atoms with Crippen molar-refractivity contribution in [1.82, 2.24) is 4.98 Å². The molecule has 85 valence electrons. The van der Waals surface area contributed by atoms with Crippen LogP contribution in [0.2, 0.25) is 0 Å². The highest BCUT2D eigenvalue weighted by Crippen LogP contribution is 2.12. The minimum Gasteiger partial charge on any atom is -0.289 e. The van der Waals surface area contributed by atoms with E-state index in [1.807, 2.05) is 24.3 Å². The van der Waals surface area contributed by atoms with Crippen molar-refractivity contribution in [3.63, 3.8) is 0 Å². The fraction of sp³-hybridized carbons (Fsp3) is 0.133. The van der Waals surface area contributed by atoms with Crippen molar-refractivity contribution in [2.45, 2.75) is 13.3 Å². The Morgan fingerprint density at radius 3 is 2.53 bits per heavy atom. The van der Waals surface area contributed by atoms with Crippen LogP contribution < -0.4 is 0 Å². The number of rotatable bonds is 4. The maximum absolute atomic E-state index is 12.1. The summed E-state index contributed by atoms with van der Waals surface area (Å²) in [5.41, 5.74) is 2.47. The molecular weight excluding hydrogens is 210 g/mol. The topological polar surface area (TPSA) is 30.0 Å². The molecule has 17 heavy (non-hydrogen) atoms. The Morgan fingerprint density at radius 2 is 1.94 bits per heavy atom. The zero-order valence-electron chi connectivity index (χ0n) is 9.76. The van der Waals surface area contributed by atoms with Crippen molar-refractivity contribution in [2.24, 2.45) is 0 Å². The smallest absolute Gasteiger partial charge is 0.194 e. The van der Waals surface area contributed by atoms with Gasteiger partial charge in [0.1, 0.15) is 0 Å². The van der Waals surface area contributed by atoms with Gasteiger partial charge < -0.3 is 0 Å². The molecule has 0 saturated heterocycles. The maximum Gasteiger partial charge on any atom is 0.194 e. The summed E-state index contributed by atoms with van der Waals surface area (Å²) < 4.78 is 0. The number of nitrogens with zero attached hydrogens (tertiary/aromatic N) is 1. The molecule has 2 heteroatoms. The number of ketones is 1. The van der Waals surface area contributed by atoms with E-state index in [9.17, 15) is 4.79 Å². The molecule has 2 rings (SSSR count). The van der Waals surface area contributed by atoms with E-state index in [1.54, 1.807) is 24.5 Å². The second-order valence-corrected chi connectivity index (χ2v) is 3.81. The van der Waals surface area contributed by atoms with Crippen LogP contribution in [0.15, 0.2) is 48.8 Å². The Bertz CT molecular complexity index is 488. The van der Waals surface area contributed by atoms with Crippen LogP contribution in [0.4, 0.5) is 0 Å². The van der Waals surface area contributed by atoms with E-state index in [0.29, 0.717) is 11.1 Å². The molecule has 1 aromatic heterocycles. The second kappa shape index (κ2) is 5.39. The van der Waals surface area contributed by atoms with Crippen LogP contribution >= 0.6 is 0 Å². The summed E-state index contributed by atoms with van der Waals surface area (Å²) in [6.45, 7) is 2.09. The zero-order valence-corrected chi connectivity index (χ0v) is 9.76. The summed E-state index contributed by atoms with van der Waals surface area (Å²) in [6, 6.07) is 11.2. The van der Waals surface area contributed by atoms with E-state index in [4.69, 9.17) is 0 Å². The first-order chi connectivity index (χ1) is 8.31. The largest absolute Gasteiger partial charge is 0.289 e. The first-order valence-electron chi connectivity index (χ1n) is 5.69. The van der Waals surface area contributed by atoms with Crippen LogP contribution in [-0.2, 0) is 0 Å². The average Bonchev–Trinajstić information content (AvgIpc) is 2.40. The van der Waals surface area contributed by atoms with Crippen molar-refractivity contribution in [3.05, 3.63) is 71.9 Å². The zero-order chi connectivity index (χ0) is 12.1. The summed E-state index contributed by atoms with van der Waals surface area (Å²) in [5, 5.41) is 0. The third kappa shape index (κ3) is 2.78. The normalized spacial score (nSPS) is 10.2. The molecule has 2 nitrogen and oxygen atoms in total. The van der Waals surface area contributed by atoms with Crippen molar-refractivity contribution < 1.29 is 4.79 Å².